The van der Waals surface area contributed by atoms with Crippen LogP contribution >= 0.6 is 0 Å². The molecule has 1 aliphatic rings. The highest BCUT2D eigenvalue weighted by Gasteiger charge is 2.38. The van der Waals surface area contributed by atoms with E-state index < -0.39 is 11.9 Å². The summed E-state index contributed by atoms with van der Waals surface area (Å²) < 4.78 is 0. The molecule has 1 fully saturated rings. The van der Waals surface area contributed by atoms with Crippen LogP contribution in [0, 0.1) is 5.92 Å². The van der Waals surface area contributed by atoms with Gasteiger partial charge in [0, 0.05) is 13.5 Å². The molecular formula is C13H15NO3. The predicted octanol–water partition coefficient (Wildman–Crippen LogP) is 1.68. The van der Waals surface area contributed by atoms with Crippen LogP contribution < -0.4 is 0 Å². The van der Waals surface area contributed by atoms with Gasteiger partial charge in [-0.05, 0) is 12.0 Å². The lowest BCUT2D eigenvalue weighted by atomic mass is 9.85. The Balaban J connectivity index is 2.37. The van der Waals surface area contributed by atoms with E-state index in [9.17, 15) is 14.7 Å². The number of carbonyl (C=O) groups is 2. The number of carboxylic acid groups (broad SMARTS) is 1. The lowest BCUT2D eigenvalue weighted by Crippen LogP contribution is -2.42. The van der Waals surface area contributed by atoms with E-state index >= 15 is 0 Å². The van der Waals surface area contributed by atoms with Crippen molar-refractivity contribution in [2.24, 2.45) is 5.92 Å². The maximum atomic E-state index is 11.7. The van der Waals surface area contributed by atoms with Gasteiger partial charge in [0.15, 0.2) is 0 Å². The Bertz CT molecular complexity index is 430. The van der Waals surface area contributed by atoms with Crippen LogP contribution in [0.5, 0.6) is 0 Å². The van der Waals surface area contributed by atoms with E-state index in [-0.39, 0.29) is 11.9 Å². The average Bonchev–Trinajstić information content (AvgIpc) is 2.33. The summed E-state index contributed by atoms with van der Waals surface area (Å²) in [6.45, 7) is 0. The SMILES string of the molecule is CN1C(=O)CCC(C(=O)O)C1c1ccccc1. The van der Waals surface area contributed by atoms with Crippen molar-refractivity contribution in [2.75, 3.05) is 7.05 Å². The molecule has 0 spiro atoms. The summed E-state index contributed by atoms with van der Waals surface area (Å²) in [6, 6.07) is 8.99. The van der Waals surface area contributed by atoms with Crippen LogP contribution in [-0.2, 0) is 9.59 Å². The van der Waals surface area contributed by atoms with Crippen molar-refractivity contribution in [2.45, 2.75) is 18.9 Å². The number of carboxylic acids is 1. The molecule has 2 atom stereocenters. The summed E-state index contributed by atoms with van der Waals surface area (Å²) in [5.41, 5.74) is 0.885. The number of rotatable bonds is 2. The zero-order valence-corrected chi connectivity index (χ0v) is 9.67. The molecule has 1 heterocycles. The highest BCUT2D eigenvalue weighted by atomic mass is 16.4. The van der Waals surface area contributed by atoms with E-state index in [1.54, 1.807) is 11.9 Å². The highest BCUT2D eigenvalue weighted by molar-refractivity contribution is 5.81. The second-order valence-electron chi connectivity index (χ2n) is 4.34. The zero-order valence-electron chi connectivity index (χ0n) is 9.67. The predicted molar refractivity (Wildman–Crippen MR) is 62.3 cm³/mol. The molecule has 1 aromatic carbocycles. The van der Waals surface area contributed by atoms with Crippen LogP contribution in [0.3, 0.4) is 0 Å². The lowest BCUT2D eigenvalue weighted by Gasteiger charge is -2.37. The van der Waals surface area contributed by atoms with Crippen molar-refractivity contribution in [3.63, 3.8) is 0 Å². The molecule has 1 amide bonds. The third-order valence-electron chi connectivity index (χ3n) is 3.32. The van der Waals surface area contributed by atoms with Crippen molar-refractivity contribution >= 4 is 11.9 Å². The van der Waals surface area contributed by atoms with E-state index in [1.807, 2.05) is 30.3 Å². The molecule has 0 aromatic heterocycles. The Morgan fingerprint density at radius 2 is 2.00 bits per heavy atom. The van der Waals surface area contributed by atoms with Crippen molar-refractivity contribution in [1.82, 2.24) is 4.90 Å². The van der Waals surface area contributed by atoms with Crippen LogP contribution in [0.25, 0.3) is 0 Å². The molecule has 17 heavy (non-hydrogen) atoms. The molecule has 0 saturated carbocycles. The fourth-order valence-corrected chi connectivity index (χ4v) is 2.40. The highest BCUT2D eigenvalue weighted by Crippen LogP contribution is 2.35. The van der Waals surface area contributed by atoms with Crippen LogP contribution in [0.1, 0.15) is 24.4 Å². The number of benzene rings is 1. The maximum absolute atomic E-state index is 11.7. The van der Waals surface area contributed by atoms with Gasteiger partial charge in [-0.15, -0.1) is 0 Å². The van der Waals surface area contributed by atoms with Crippen molar-refractivity contribution in [3.05, 3.63) is 35.9 Å². The third-order valence-corrected chi connectivity index (χ3v) is 3.32. The number of piperidine rings is 1. The normalized spacial score (nSPS) is 24.8. The standard InChI is InChI=1S/C13H15NO3/c1-14-11(15)8-7-10(13(16)17)12(14)9-5-3-2-4-6-9/h2-6,10,12H,7-8H2,1H3,(H,16,17). The van der Waals surface area contributed by atoms with Crippen molar-refractivity contribution in [3.8, 4) is 0 Å². The van der Waals surface area contributed by atoms with Crippen LogP contribution in [-0.4, -0.2) is 28.9 Å². The first kappa shape index (κ1) is 11.6. The lowest BCUT2D eigenvalue weighted by molar-refractivity contribution is -0.150. The molecule has 1 aromatic rings. The molecule has 90 valence electrons. The summed E-state index contributed by atoms with van der Waals surface area (Å²) in [5.74, 6) is -1.34. The van der Waals surface area contributed by atoms with Gasteiger partial charge in [-0.2, -0.15) is 0 Å². The second kappa shape index (κ2) is 4.57. The van der Waals surface area contributed by atoms with Gasteiger partial charge in [0.25, 0.3) is 0 Å². The first-order valence-corrected chi connectivity index (χ1v) is 5.64. The molecule has 0 bridgehead atoms. The second-order valence-corrected chi connectivity index (χ2v) is 4.34. The topological polar surface area (TPSA) is 57.6 Å². The summed E-state index contributed by atoms with van der Waals surface area (Å²) in [6.07, 6.45) is 0.731. The molecule has 4 nitrogen and oxygen atoms in total. The van der Waals surface area contributed by atoms with E-state index in [0.717, 1.165) is 5.56 Å². The molecule has 0 aliphatic carbocycles. The number of aliphatic carboxylic acids is 1. The van der Waals surface area contributed by atoms with Gasteiger partial charge in [-0.1, -0.05) is 30.3 Å². The van der Waals surface area contributed by atoms with E-state index in [2.05, 4.69) is 0 Å². The number of hydrogen-bond donors (Lipinski definition) is 1. The summed E-state index contributed by atoms with van der Waals surface area (Å²) in [5, 5.41) is 9.24. The molecule has 1 aliphatic heterocycles. The fourth-order valence-electron chi connectivity index (χ4n) is 2.40. The minimum atomic E-state index is -0.835. The molecule has 2 unspecified atom stereocenters. The summed E-state index contributed by atoms with van der Waals surface area (Å²) in [7, 11) is 1.68. The van der Waals surface area contributed by atoms with Crippen LogP contribution in [0.15, 0.2) is 30.3 Å². The maximum Gasteiger partial charge on any atom is 0.308 e. The summed E-state index contributed by atoms with van der Waals surface area (Å²) in [4.78, 5) is 24.5. The molecule has 0 radical (unpaired) electrons. The minimum absolute atomic E-state index is 0.0105. The van der Waals surface area contributed by atoms with Gasteiger partial charge in [0.2, 0.25) is 5.91 Å². The number of amides is 1. The smallest absolute Gasteiger partial charge is 0.308 e. The first-order chi connectivity index (χ1) is 8.11. The van der Waals surface area contributed by atoms with Crippen LogP contribution in [0.2, 0.25) is 0 Å². The monoisotopic (exact) mass is 233 g/mol. The van der Waals surface area contributed by atoms with E-state index in [0.29, 0.717) is 12.8 Å². The number of hydrogen-bond acceptors (Lipinski definition) is 2. The zero-order chi connectivity index (χ0) is 12.4. The Morgan fingerprint density at radius 3 is 2.59 bits per heavy atom. The van der Waals surface area contributed by atoms with E-state index in [1.165, 1.54) is 0 Å². The number of likely N-dealkylation sites (tertiary alicyclic amines) is 1. The van der Waals surface area contributed by atoms with Gasteiger partial charge >= 0.3 is 5.97 Å². The quantitative estimate of drug-likeness (QED) is 0.845. The minimum Gasteiger partial charge on any atom is -0.481 e. The Kier molecular flexibility index (Phi) is 3.13. The van der Waals surface area contributed by atoms with Gasteiger partial charge in [-0.3, -0.25) is 9.59 Å². The molecule has 2 rings (SSSR count). The molecule has 1 N–H and O–H groups in total. The Labute approximate surface area is 99.9 Å². The van der Waals surface area contributed by atoms with Gasteiger partial charge < -0.3 is 10.0 Å². The molecule has 1 saturated heterocycles. The van der Waals surface area contributed by atoms with Gasteiger partial charge in [0.05, 0.1) is 12.0 Å². The Morgan fingerprint density at radius 1 is 1.35 bits per heavy atom. The average molecular weight is 233 g/mol. The number of nitrogens with zero attached hydrogens (tertiary/aromatic N) is 1. The van der Waals surface area contributed by atoms with Gasteiger partial charge in [-0.25, -0.2) is 0 Å². The van der Waals surface area contributed by atoms with Crippen molar-refractivity contribution in [1.29, 1.82) is 0 Å². The number of carbonyl (C=O) groups excluding carboxylic acids is 1. The fraction of sp³-hybridized carbons (Fsp3) is 0.385. The molecular weight excluding hydrogens is 218 g/mol. The van der Waals surface area contributed by atoms with Crippen molar-refractivity contribution < 1.29 is 14.7 Å². The van der Waals surface area contributed by atoms with E-state index in [4.69, 9.17) is 0 Å². The Hall–Kier alpha value is -1.84. The largest absolute Gasteiger partial charge is 0.481 e. The first-order valence-electron chi connectivity index (χ1n) is 5.64. The third kappa shape index (κ3) is 2.16. The van der Waals surface area contributed by atoms with Gasteiger partial charge in [0.1, 0.15) is 0 Å². The molecule has 4 heteroatoms. The summed E-state index contributed by atoms with van der Waals surface area (Å²) >= 11 is 0. The van der Waals surface area contributed by atoms with Crippen LogP contribution in [0.4, 0.5) is 0 Å².